The van der Waals surface area contributed by atoms with Crippen molar-refractivity contribution in [1.82, 2.24) is 10.3 Å². The Balaban J connectivity index is 1.70. The second-order valence-corrected chi connectivity index (χ2v) is 6.46. The van der Waals surface area contributed by atoms with Crippen LogP contribution < -0.4 is 5.32 Å². The van der Waals surface area contributed by atoms with Gasteiger partial charge in [-0.25, -0.2) is 4.99 Å². The number of nitrogens with one attached hydrogen (secondary N) is 1. The summed E-state index contributed by atoms with van der Waals surface area (Å²) < 4.78 is 0. The van der Waals surface area contributed by atoms with Gasteiger partial charge in [0, 0.05) is 24.0 Å². The van der Waals surface area contributed by atoms with E-state index in [-0.39, 0.29) is 0 Å². The zero-order chi connectivity index (χ0) is 16.9. The van der Waals surface area contributed by atoms with Crippen molar-refractivity contribution < 1.29 is 0 Å². The maximum atomic E-state index is 4.65. The molecule has 0 atom stereocenters. The van der Waals surface area contributed by atoms with Crippen molar-refractivity contribution in [2.45, 2.75) is 26.8 Å². The van der Waals surface area contributed by atoms with Gasteiger partial charge >= 0.3 is 0 Å². The molecule has 1 aliphatic rings. The molecule has 1 aliphatic heterocycles. The van der Waals surface area contributed by atoms with E-state index < -0.39 is 0 Å². The molecular formula is C20H24N4. The Bertz CT molecular complexity index is 757. The highest BCUT2D eigenvalue weighted by Crippen LogP contribution is 2.15. The average molecular weight is 320 g/mol. The smallest absolute Gasteiger partial charge is 0.154 e. The molecule has 0 bridgehead atoms. The number of aromatic nitrogens is 1. The minimum absolute atomic E-state index is 0.462. The van der Waals surface area contributed by atoms with E-state index >= 15 is 0 Å². The van der Waals surface area contributed by atoms with Crippen LogP contribution in [0.1, 0.15) is 36.2 Å². The highest BCUT2D eigenvalue weighted by molar-refractivity contribution is 6.12. The molecule has 1 N–H and O–H groups in total. The van der Waals surface area contributed by atoms with Crippen molar-refractivity contribution >= 4 is 11.5 Å². The van der Waals surface area contributed by atoms with Crippen LogP contribution in [-0.4, -0.2) is 30.1 Å². The Kier molecular flexibility index (Phi) is 5.16. The monoisotopic (exact) mass is 320 g/mol. The molecule has 0 saturated heterocycles. The lowest BCUT2D eigenvalue weighted by atomic mass is 10.0. The zero-order valence-corrected chi connectivity index (χ0v) is 14.6. The molecule has 1 aromatic heterocycles. The summed E-state index contributed by atoms with van der Waals surface area (Å²) in [6.45, 7) is 5.86. The number of hydrogen-bond acceptors (Lipinski definition) is 4. The summed E-state index contributed by atoms with van der Waals surface area (Å²) in [5.41, 5.74) is 5.90. The van der Waals surface area contributed by atoms with Gasteiger partial charge in [-0.1, -0.05) is 38.1 Å². The lowest BCUT2D eigenvalue weighted by Crippen LogP contribution is -2.07. The second kappa shape index (κ2) is 7.49. The van der Waals surface area contributed by atoms with Crippen molar-refractivity contribution in [3.05, 3.63) is 65.0 Å². The molecule has 2 aromatic rings. The molecule has 4 heteroatoms. The zero-order valence-electron chi connectivity index (χ0n) is 14.6. The highest BCUT2D eigenvalue weighted by atomic mass is 15.0. The summed E-state index contributed by atoms with van der Waals surface area (Å²) >= 11 is 0. The molecule has 0 spiro atoms. The first kappa shape index (κ1) is 16.5. The van der Waals surface area contributed by atoms with E-state index in [4.69, 9.17) is 0 Å². The Morgan fingerprint density at radius 2 is 1.88 bits per heavy atom. The van der Waals surface area contributed by atoms with Crippen LogP contribution in [0.4, 0.5) is 0 Å². The van der Waals surface area contributed by atoms with Crippen molar-refractivity contribution in [2.24, 2.45) is 15.9 Å². The molecule has 0 saturated carbocycles. The van der Waals surface area contributed by atoms with Crippen molar-refractivity contribution in [2.75, 3.05) is 13.6 Å². The SMILES string of the molecule is CNCc1cc(Cc2ccc(C3=NCC(C(C)C)=N3)cc2)ccn1. The summed E-state index contributed by atoms with van der Waals surface area (Å²) in [5.74, 6) is 1.33. The fourth-order valence-corrected chi connectivity index (χ4v) is 2.75. The fourth-order valence-electron chi connectivity index (χ4n) is 2.75. The summed E-state index contributed by atoms with van der Waals surface area (Å²) in [6, 6.07) is 12.8. The molecule has 0 radical (unpaired) electrons. The van der Waals surface area contributed by atoms with Gasteiger partial charge in [0.25, 0.3) is 0 Å². The van der Waals surface area contributed by atoms with Crippen LogP contribution in [0, 0.1) is 5.92 Å². The van der Waals surface area contributed by atoms with Crippen LogP contribution >= 0.6 is 0 Å². The summed E-state index contributed by atoms with van der Waals surface area (Å²) in [7, 11) is 1.94. The van der Waals surface area contributed by atoms with Gasteiger partial charge in [0.2, 0.25) is 0 Å². The van der Waals surface area contributed by atoms with Gasteiger partial charge in [-0.05, 0) is 42.6 Å². The maximum Gasteiger partial charge on any atom is 0.154 e. The van der Waals surface area contributed by atoms with Gasteiger partial charge in [-0.2, -0.15) is 0 Å². The van der Waals surface area contributed by atoms with E-state index in [1.807, 2.05) is 13.2 Å². The van der Waals surface area contributed by atoms with Gasteiger partial charge in [-0.3, -0.25) is 9.98 Å². The molecule has 1 aromatic carbocycles. The van der Waals surface area contributed by atoms with Gasteiger partial charge in [0.15, 0.2) is 5.84 Å². The van der Waals surface area contributed by atoms with E-state index in [1.165, 1.54) is 16.8 Å². The third-order valence-electron chi connectivity index (χ3n) is 4.17. The molecule has 0 amide bonds. The quantitative estimate of drug-likeness (QED) is 0.888. The van der Waals surface area contributed by atoms with E-state index in [0.717, 1.165) is 36.6 Å². The number of rotatable bonds is 6. The Morgan fingerprint density at radius 1 is 1.08 bits per heavy atom. The Labute approximate surface area is 143 Å². The fraction of sp³-hybridized carbons (Fsp3) is 0.350. The molecule has 4 nitrogen and oxygen atoms in total. The number of benzene rings is 1. The number of pyridine rings is 1. The topological polar surface area (TPSA) is 49.6 Å². The lowest BCUT2D eigenvalue weighted by Gasteiger charge is -2.06. The molecule has 3 rings (SSSR count). The van der Waals surface area contributed by atoms with Crippen LogP contribution in [0.15, 0.2) is 52.6 Å². The normalized spacial score (nSPS) is 14.0. The second-order valence-electron chi connectivity index (χ2n) is 6.46. The molecule has 0 aliphatic carbocycles. The van der Waals surface area contributed by atoms with Crippen LogP contribution in [-0.2, 0) is 13.0 Å². The molecule has 124 valence electrons. The maximum absolute atomic E-state index is 4.65. The van der Waals surface area contributed by atoms with Crippen LogP contribution in [0.2, 0.25) is 0 Å². The first-order valence-electron chi connectivity index (χ1n) is 8.45. The van der Waals surface area contributed by atoms with Crippen LogP contribution in [0.25, 0.3) is 0 Å². The van der Waals surface area contributed by atoms with Gasteiger partial charge in [0.05, 0.1) is 12.2 Å². The molecule has 0 fully saturated rings. The first-order valence-corrected chi connectivity index (χ1v) is 8.45. The minimum atomic E-state index is 0.462. The van der Waals surface area contributed by atoms with Gasteiger partial charge in [-0.15, -0.1) is 0 Å². The highest BCUT2D eigenvalue weighted by Gasteiger charge is 2.14. The number of aliphatic imine (C=N–C) groups is 2. The van der Waals surface area contributed by atoms with E-state index in [1.54, 1.807) is 0 Å². The molecule has 2 heterocycles. The van der Waals surface area contributed by atoms with E-state index in [0.29, 0.717) is 5.92 Å². The third-order valence-corrected chi connectivity index (χ3v) is 4.17. The van der Waals surface area contributed by atoms with Crippen LogP contribution in [0.5, 0.6) is 0 Å². The average Bonchev–Trinajstić information content (AvgIpc) is 3.07. The summed E-state index contributed by atoms with van der Waals surface area (Å²) in [4.78, 5) is 13.6. The lowest BCUT2D eigenvalue weighted by molar-refractivity contribution is 0.789. The Morgan fingerprint density at radius 3 is 2.54 bits per heavy atom. The summed E-state index contributed by atoms with van der Waals surface area (Å²) in [6.07, 6.45) is 2.79. The predicted octanol–water partition coefficient (Wildman–Crippen LogP) is 3.25. The van der Waals surface area contributed by atoms with Gasteiger partial charge < -0.3 is 5.32 Å². The predicted molar refractivity (Wildman–Crippen MR) is 99.9 cm³/mol. The molecular weight excluding hydrogens is 296 g/mol. The third kappa shape index (κ3) is 3.95. The van der Waals surface area contributed by atoms with E-state index in [2.05, 4.69) is 70.5 Å². The Hall–Kier alpha value is -2.33. The molecule has 0 unspecified atom stereocenters. The van der Waals surface area contributed by atoms with Crippen molar-refractivity contribution in [3.63, 3.8) is 0 Å². The largest absolute Gasteiger partial charge is 0.314 e. The van der Waals surface area contributed by atoms with Crippen molar-refractivity contribution in [3.8, 4) is 0 Å². The standard InChI is InChI=1S/C20H24N4/c1-14(2)19-13-23-20(24-19)17-6-4-15(5-7-17)10-16-8-9-22-18(11-16)12-21-3/h4-9,11,14,21H,10,12-13H2,1-3H3. The van der Waals surface area contributed by atoms with Crippen LogP contribution in [0.3, 0.4) is 0 Å². The number of amidine groups is 1. The summed E-state index contributed by atoms with van der Waals surface area (Å²) in [5, 5.41) is 3.14. The van der Waals surface area contributed by atoms with Crippen molar-refractivity contribution in [1.29, 1.82) is 0 Å². The number of nitrogens with zero attached hydrogens (tertiary/aromatic N) is 3. The van der Waals surface area contributed by atoms with Gasteiger partial charge in [0.1, 0.15) is 0 Å². The number of hydrogen-bond donors (Lipinski definition) is 1. The first-order chi connectivity index (χ1) is 11.7. The minimum Gasteiger partial charge on any atom is -0.314 e. The molecule has 24 heavy (non-hydrogen) atoms. The van der Waals surface area contributed by atoms with E-state index in [9.17, 15) is 0 Å².